The van der Waals surface area contributed by atoms with Crippen LogP contribution in [0, 0.1) is 12.3 Å². The zero-order valence-electron chi connectivity index (χ0n) is 8.54. The fourth-order valence-electron chi connectivity index (χ4n) is 2.01. The highest BCUT2D eigenvalue weighted by molar-refractivity contribution is 5.79. The molecule has 3 nitrogen and oxygen atoms in total. The van der Waals surface area contributed by atoms with Crippen LogP contribution in [0.5, 0.6) is 0 Å². The van der Waals surface area contributed by atoms with Crippen LogP contribution < -0.4 is 5.73 Å². The Hall–Kier alpha value is -1.01. The van der Waals surface area contributed by atoms with Gasteiger partial charge >= 0.3 is 0 Å². The van der Waals surface area contributed by atoms with E-state index >= 15 is 0 Å². The third-order valence-corrected chi connectivity index (χ3v) is 2.70. The number of hydrogen-bond donors (Lipinski definition) is 1. The fourth-order valence-corrected chi connectivity index (χ4v) is 2.01. The molecule has 2 N–H and O–H groups in total. The topological polar surface area (TPSA) is 46.3 Å². The van der Waals surface area contributed by atoms with E-state index in [2.05, 4.69) is 5.92 Å². The number of nitrogens with zero attached hydrogens (tertiary/aromatic N) is 1. The summed E-state index contributed by atoms with van der Waals surface area (Å²) in [6.07, 6.45) is 9.63. The molecule has 0 bridgehead atoms. The van der Waals surface area contributed by atoms with E-state index in [9.17, 15) is 4.79 Å². The van der Waals surface area contributed by atoms with Gasteiger partial charge in [0.25, 0.3) is 0 Å². The maximum absolute atomic E-state index is 11.6. The van der Waals surface area contributed by atoms with E-state index in [1.165, 1.54) is 6.42 Å². The molecule has 1 rings (SSSR count). The molecule has 14 heavy (non-hydrogen) atoms. The van der Waals surface area contributed by atoms with Gasteiger partial charge in [-0.3, -0.25) is 4.79 Å². The lowest BCUT2D eigenvalue weighted by atomic mass is 9.99. The summed E-state index contributed by atoms with van der Waals surface area (Å²) < 4.78 is 0. The first kappa shape index (κ1) is 11.1. The molecule has 0 saturated carbocycles. The van der Waals surface area contributed by atoms with Gasteiger partial charge in [-0.25, -0.2) is 0 Å². The molecule has 0 aliphatic carbocycles. The van der Waals surface area contributed by atoms with E-state index in [-0.39, 0.29) is 12.3 Å². The summed E-state index contributed by atoms with van der Waals surface area (Å²) in [5.41, 5.74) is 5.52. The monoisotopic (exact) mass is 194 g/mol. The van der Waals surface area contributed by atoms with Gasteiger partial charge in [-0.05, 0) is 32.2 Å². The third kappa shape index (κ3) is 2.74. The van der Waals surface area contributed by atoms with Crippen LogP contribution in [-0.4, -0.2) is 29.9 Å². The first-order valence-corrected chi connectivity index (χ1v) is 5.22. The molecule has 1 aliphatic heterocycles. The van der Waals surface area contributed by atoms with Crippen molar-refractivity contribution in [1.82, 2.24) is 4.90 Å². The van der Waals surface area contributed by atoms with Crippen LogP contribution in [0.3, 0.4) is 0 Å². The summed E-state index contributed by atoms with van der Waals surface area (Å²) in [5.74, 6) is 2.49. The molecular weight excluding hydrogens is 176 g/mol. The van der Waals surface area contributed by atoms with Gasteiger partial charge < -0.3 is 10.6 Å². The molecule has 1 aliphatic rings. The average molecular weight is 194 g/mol. The molecule has 1 heterocycles. The van der Waals surface area contributed by atoms with Gasteiger partial charge in [0, 0.05) is 12.6 Å². The second-order valence-corrected chi connectivity index (χ2v) is 3.69. The highest BCUT2D eigenvalue weighted by Gasteiger charge is 2.24. The normalized spacial score (nSPS) is 21.7. The van der Waals surface area contributed by atoms with Gasteiger partial charge in [0.15, 0.2) is 0 Å². The molecule has 1 atom stereocenters. The van der Waals surface area contributed by atoms with Crippen molar-refractivity contribution in [2.45, 2.75) is 38.1 Å². The minimum atomic E-state index is 0.0886. The number of amides is 1. The van der Waals surface area contributed by atoms with Gasteiger partial charge in [0.2, 0.25) is 5.91 Å². The second kappa shape index (κ2) is 5.66. The van der Waals surface area contributed by atoms with Gasteiger partial charge in [-0.15, -0.1) is 6.42 Å². The molecule has 0 aromatic carbocycles. The van der Waals surface area contributed by atoms with E-state index in [0.29, 0.717) is 12.6 Å². The quantitative estimate of drug-likeness (QED) is 0.674. The van der Waals surface area contributed by atoms with E-state index in [1.54, 1.807) is 0 Å². The largest absolute Gasteiger partial charge is 0.339 e. The number of carbonyl (C=O) groups excluding carboxylic acids is 1. The van der Waals surface area contributed by atoms with Crippen LogP contribution in [-0.2, 0) is 4.79 Å². The molecule has 0 aromatic rings. The Morgan fingerprint density at radius 2 is 2.36 bits per heavy atom. The van der Waals surface area contributed by atoms with Crippen molar-refractivity contribution in [3.05, 3.63) is 0 Å². The van der Waals surface area contributed by atoms with Gasteiger partial charge in [0.05, 0.1) is 6.42 Å². The standard InChI is InChI=1S/C11H18N2O/c1-2-5-11(14)13-9-4-3-6-10(13)7-8-12/h1,10H,3-9,12H2. The van der Waals surface area contributed by atoms with Gasteiger partial charge in [-0.2, -0.15) is 0 Å². The summed E-state index contributed by atoms with van der Waals surface area (Å²) in [6, 6.07) is 0.328. The van der Waals surface area contributed by atoms with E-state index in [4.69, 9.17) is 12.2 Å². The smallest absolute Gasteiger partial charge is 0.234 e. The second-order valence-electron chi connectivity index (χ2n) is 3.69. The average Bonchev–Trinajstić information content (AvgIpc) is 2.19. The van der Waals surface area contributed by atoms with Crippen LogP contribution in [0.15, 0.2) is 0 Å². The Morgan fingerprint density at radius 1 is 1.57 bits per heavy atom. The predicted molar refractivity (Wildman–Crippen MR) is 56.5 cm³/mol. The van der Waals surface area contributed by atoms with E-state index < -0.39 is 0 Å². The van der Waals surface area contributed by atoms with Crippen LogP contribution in [0.2, 0.25) is 0 Å². The first-order chi connectivity index (χ1) is 6.79. The number of rotatable bonds is 3. The van der Waals surface area contributed by atoms with Crippen molar-refractivity contribution in [2.75, 3.05) is 13.1 Å². The van der Waals surface area contributed by atoms with Crippen molar-refractivity contribution in [2.24, 2.45) is 5.73 Å². The summed E-state index contributed by atoms with van der Waals surface area (Å²) >= 11 is 0. The summed E-state index contributed by atoms with van der Waals surface area (Å²) in [4.78, 5) is 13.5. The molecule has 1 amide bonds. The lowest BCUT2D eigenvalue weighted by molar-refractivity contribution is -0.133. The number of piperidine rings is 1. The molecule has 1 saturated heterocycles. The van der Waals surface area contributed by atoms with Crippen LogP contribution in [0.4, 0.5) is 0 Å². The number of nitrogens with two attached hydrogens (primary N) is 1. The summed E-state index contributed by atoms with van der Waals surface area (Å²) in [6.45, 7) is 1.50. The molecular formula is C11H18N2O. The Morgan fingerprint density at radius 3 is 3.00 bits per heavy atom. The summed E-state index contributed by atoms with van der Waals surface area (Å²) in [7, 11) is 0. The molecule has 78 valence electrons. The Labute approximate surface area is 85.6 Å². The number of terminal acetylenes is 1. The molecule has 0 spiro atoms. The van der Waals surface area contributed by atoms with Crippen molar-refractivity contribution in [1.29, 1.82) is 0 Å². The Balaban J connectivity index is 2.53. The Kier molecular flexibility index (Phi) is 4.48. The zero-order chi connectivity index (χ0) is 10.4. The first-order valence-electron chi connectivity index (χ1n) is 5.22. The van der Waals surface area contributed by atoms with Crippen molar-refractivity contribution >= 4 is 5.91 Å². The van der Waals surface area contributed by atoms with Crippen molar-refractivity contribution in [3.63, 3.8) is 0 Å². The lowest BCUT2D eigenvalue weighted by Crippen LogP contribution is -2.44. The van der Waals surface area contributed by atoms with Crippen LogP contribution in [0.25, 0.3) is 0 Å². The zero-order valence-corrected chi connectivity index (χ0v) is 8.54. The SMILES string of the molecule is C#CCC(=O)N1CCCCC1CCN. The maximum atomic E-state index is 11.6. The molecule has 0 aromatic heterocycles. The number of hydrogen-bond acceptors (Lipinski definition) is 2. The number of likely N-dealkylation sites (tertiary alicyclic amines) is 1. The lowest BCUT2D eigenvalue weighted by Gasteiger charge is -2.35. The van der Waals surface area contributed by atoms with E-state index in [0.717, 1.165) is 25.8 Å². The minimum Gasteiger partial charge on any atom is -0.339 e. The van der Waals surface area contributed by atoms with Crippen molar-refractivity contribution < 1.29 is 4.79 Å². The molecule has 1 fully saturated rings. The van der Waals surface area contributed by atoms with Gasteiger partial charge in [-0.1, -0.05) is 5.92 Å². The van der Waals surface area contributed by atoms with E-state index in [1.807, 2.05) is 4.90 Å². The van der Waals surface area contributed by atoms with Crippen LogP contribution in [0.1, 0.15) is 32.1 Å². The molecule has 3 heteroatoms. The highest BCUT2D eigenvalue weighted by atomic mass is 16.2. The summed E-state index contributed by atoms with van der Waals surface area (Å²) in [5, 5.41) is 0. The van der Waals surface area contributed by atoms with Crippen molar-refractivity contribution in [3.8, 4) is 12.3 Å². The molecule has 0 radical (unpaired) electrons. The number of carbonyl (C=O) groups is 1. The minimum absolute atomic E-state index is 0.0886. The van der Waals surface area contributed by atoms with Crippen LogP contribution >= 0.6 is 0 Å². The fraction of sp³-hybridized carbons (Fsp3) is 0.727. The third-order valence-electron chi connectivity index (χ3n) is 2.70. The molecule has 1 unspecified atom stereocenters. The highest BCUT2D eigenvalue weighted by Crippen LogP contribution is 2.19. The maximum Gasteiger partial charge on any atom is 0.234 e. The Bertz CT molecular complexity index is 230. The predicted octanol–water partition coefficient (Wildman–Crippen LogP) is 0.740. The van der Waals surface area contributed by atoms with Gasteiger partial charge in [0.1, 0.15) is 0 Å².